The lowest BCUT2D eigenvalue weighted by molar-refractivity contribution is 0.0973. The normalized spacial score (nSPS) is 10.8. The van der Waals surface area contributed by atoms with Crippen LogP contribution in [0.4, 0.5) is 0 Å². The molecule has 94 valence electrons. The van der Waals surface area contributed by atoms with E-state index >= 15 is 0 Å². The number of nitrogens with zero attached hydrogens (tertiary/aromatic N) is 3. The maximum absolute atomic E-state index is 12.2. The highest BCUT2D eigenvalue weighted by Crippen LogP contribution is 2.15. The van der Waals surface area contributed by atoms with E-state index in [2.05, 4.69) is 9.97 Å². The fraction of sp³-hybridized carbons (Fsp3) is 0.133. The number of carbonyl (C=O) groups excluding carboxylic acids is 1. The molecule has 0 fully saturated rings. The van der Waals surface area contributed by atoms with Crippen molar-refractivity contribution in [2.45, 2.75) is 13.5 Å². The van der Waals surface area contributed by atoms with E-state index in [0.717, 1.165) is 22.3 Å². The standard InChI is InChI=1S/C15H13N3O/c1-11-15-13(7-8-16-11)18(10-17-15)9-14(19)12-5-3-2-4-6-12/h2-8,10H,9H2,1H3. The SMILES string of the molecule is Cc1nccc2c1ncn2CC(=O)c1ccccc1. The summed E-state index contributed by atoms with van der Waals surface area (Å²) in [4.78, 5) is 20.7. The zero-order valence-corrected chi connectivity index (χ0v) is 10.6. The van der Waals surface area contributed by atoms with Crippen molar-refractivity contribution in [3.05, 3.63) is 60.2 Å². The van der Waals surface area contributed by atoms with Gasteiger partial charge in [-0.05, 0) is 13.0 Å². The predicted octanol–water partition coefficient (Wildman–Crippen LogP) is 2.62. The van der Waals surface area contributed by atoms with Crippen LogP contribution in [-0.4, -0.2) is 20.3 Å². The van der Waals surface area contributed by atoms with Crippen LogP contribution in [0.5, 0.6) is 0 Å². The van der Waals surface area contributed by atoms with Crippen LogP contribution in [-0.2, 0) is 6.54 Å². The largest absolute Gasteiger partial charge is 0.323 e. The van der Waals surface area contributed by atoms with E-state index in [1.165, 1.54) is 0 Å². The predicted molar refractivity (Wildman–Crippen MR) is 73.0 cm³/mol. The average molecular weight is 251 g/mol. The van der Waals surface area contributed by atoms with E-state index in [1.54, 1.807) is 12.5 Å². The van der Waals surface area contributed by atoms with Gasteiger partial charge in [0, 0.05) is 11.8 Å². The van der Waals surface area contributed by atoms with E-state index < -0.39 is 0 Å². The fourth-order valence-corrected chi connectivity index (χ4v) is 2.12. The monoisotopic (exact) mass is 251 g/mol. The number of aryl methyl sites for hydroxylation is 1. The molecule has 3 rings (SSSR count). The van der Waals surface area contributed by atoms with Gasteiger partial charge in [0.05, 0.1) is 24.1 Å². The number of Topliss-reactive ketones (excluding diaryl/α,β-unsaturated/α-hetero) is 1. The van der Waals surface area contributed by atoms with Gasteiger partial charge in [-0.25, -0.2) is 4.98 Å². The zero-order valence-electron chi connectivity index (χ0n) is 10.6. The molecular formula is C15H13N3O. The van der Waals surface area contributed by atoms with Gasteiger partial charge < -0.3 is 4.57 Å². The molecule has 0 saturated heterocycles. The Balaban J connectivity index is 1.94. The highest BCUT2D eigenvalue weighted by molar-refractivity contribution is 5.96. The molecular weight excluding hydrogens is 238 g/mol. The fourth-order valence-electron chi connectivity index (χ4n) is 2.12. The highest BCUT2D eigenvalue weighted by Gasteiger charge is 2.10. The van der Waals surface area contributed by atoms with E-state index in [0.29, 0.717) is 6.54 Å². The maximum Gasteiger partial charge on any atom is 0.182 e. The number of fused-ring (bicyclic) bond motifs is 1. The summed E-state index contributed by atoms with van der Waals surface area (Å²) in [7, 11) is 0. The molecule has 0 atom stereocenters. The molecule has 0 spiro atoms. The second-order valence-electron chi connectivity index (χ2n) is 4.43. The molecule has 0 radical (unpaired) electrons. The molecule has 4 heteroatoms. The lowest BCUT2D eigenvalue weighted by Crippen LogP contribution is -2.09. The summed E-state index contributed by atoms with van der Waals surface area (Å²) in [6.07, 6.45) is 3.43. The van der Waals surface area contributed by atoms with Crippen molar-refractivity contribution in [1.82, 2.24) is 14.5 Å². The zero-order chi connectivity index (χ0) is 13.2. The number of hydrogen-bond acceptors (Lipinski definition) is 3. The van der Waals surface area contributed by atoms with E-state index in [9.17, 15) is 4.79 Å². The van der Waals surface area contributed by atoms with Gasteiger partial charge in [-0.15, -0.1) is 0 Å². The van der Waals surface area contributed by atoms with Gasteiger partial charge >= 0.3 is 0 Å². The number of imidazole rings is 1. The minimum Gasteiger partial charge on any atom is -0.323 e. The summed E-state index contributed by atoms with van der Waals surface area (Å²) in [5.74, 6) is 0.0781. The molecule has 0 aliphatic carbocycles. The summed E-state index contributed by atoms with van der Waals surface area (Å²) in [6.45, 7) is 2.21. The molecule has 0 unspecified atom stereocenters. The molecule has 0 aliphatic heterocycles. The first kappa shape index (κ1) is 11.6. The molecule has 2 heterocycles. The third-order valence-corrected chi connectivity index (χ3v) is 3.13. The molecule has 0 amide bonds. The lowest BCUT2D eigenvalue weighted by Gasteiger charge is -2.04. The number of pyridine rings is 1. The Morgan fingerprint density at radius 1 is 1.16 bits per heavy atom. The van der Waals surface area contributed by atoms with Gasteiger partial charge in [-0.3, -0.25) is 9.78 Å². The molecule has 19 heavy (non-hydrogen) atoms. The number of aromatic nitrogens is 3. The average Bonchev–Trinajstić information content (AvgIpc) is 2.84. The molecule has 4 nitrogen and oxygen atoms in total. The van der Waals surface area contributed by atoms with Gasteiger partial charge in [0.1, 0.15) is 5.52 Å². The summed E-state index contributed by atoms with van der Waals surface area (Å²) in [6, 6.07) is 11.2. The quantitative estimate of drug-likeness (QED) is 0.672. The number of ketones is 1. The van der Waals surface area contributed by atoms with Crippen molar-refractivity contribution < 1.29 is 4.79 Å². The van der Waals surface area contributed by atoms with Crippen LogP contribution in [0.15, 0.2) is 48.9 Å². The van der Waals surface area contributed by atoms with Crippen molar-refractivity contribution in [3.63, 3.8) is 0 Å². The Hall–Kier alpha value is -2.49. The van der Waals surface area contributed by atoms with E-state index in [1.807, 2.05) is 47.9 Å². The van der Waals surface area contributed by atoms with Crippen LogP contribution in [0.1, 0.15) is 16.1 Å². The number of benzene rings is 1. The Labute approximate surface area is 110 Å². The molecule has 3 aromatic rings. The minimum absolute atomic E-state index is 0.0781. The first-order valence-electron chi connectivity index (χ1n) is 6.10. The molecule has 0 aliphatic rings. The summed E-state index contributed by atoms with van der Waals surface area (Å²) in [5, 5.41) is 0. The van der Waals surface area contributed by atoms with Crippen LogP contribution < -0.4 is 0 Å². The second-order valence-corrected chi connectivity index (χ2v) is 4.43. The second kappa shape index (κ2) is 4.65. The number of carbonyl (C=O) groups is 1. The van der Waals surface area contributed by atoms with Crippen molar-refractivity contribution in [2.24, 2.45) is 0 Å². The van der Waals surface area contributed by atoms with Crippen LogP contribution in [0.25, 0.3) is 11.0 Å². The van der Waals surface area contributed by atoms with Gasteiger partial charge in [-0.2, -0.15) is 0 Å². The lowest BCUT2D eigenvalue weighted by atomic mass is 10.1. The van der Waals surface area contributed by atoms with Crippen molar-refractivity contribution in [2.75, 3.05) is 0 Å². The summed E-state index contributed by atoms with van der Waals surface area (Å²) < 4.78 is 1.86. The molecule has 2 aromatic heterocycles. The third kappa shape index (κ3) is 2.12. The maximum atomic E-state index is 12.2. The van der Waals surface area contributed by atoms with Crippen molar-refractivity contribution >= 4 is 16.8 Å². The van der Waals surface area contributed by atoms with Crippen LogP contribution in [0.3, 0.4) is 0 Å². The van der Waals surface area contributed by atoms with Gasteiger partial charge in [0.25, 0.3) is 0 Å². The topological polar surface area (TPSA) is 47.8 Å². The Morgan fingerprint density at radius 3 is 2.74 bits per heavy atom. The molecule has 0 saturated carbocycles. The van der Waals surface area contributed by atoms with Crippen LogP contribution in [0.2, 0.25) is 0 Å². The van der Waals surface area contributed by atoms with Gasteiger partial charge in [0.15, 0.2) is 5.78 Å². The van der Waals surface area contributed by atoms with Gasteiger partial charge in [0.2, 0.25) is 0 Å². The Bertz CT molecular complexity index is 731. The third-order valence-electron chi connectivity index (χ3n) is 3.13. The van der Waals surface area contributed by atoms with E-state index in [-0.39, 0.29) is 5.78 Å². The van der Waals surface area contributed by atoms with Crippen molar-refractivity contribution in [3.8, 4) is 0 Å². The summed E-state index contributed by atoms with van der Waals surface area (Å²) >= 11 is 0. The van der Waals surface area contributed by atoms with E-state index in [4.69, 9.17) is 0 Å². The first-order chi connectivity index (χ1) is 9.25. The molecule has 1 aromatic carbocycles. The highest BCUT2D eigenvalue weighted by atomic mass is 16.1. The number of rotatable bonds is 3. The number of hydrogen-bond donors (Lipinski definition) is 0. The van der Waals surface area contributed by atoms with Crippen LogP contribution in [0, 0.1) is 6.92 Å². The Morgan fingerprint density at radius 2 is 1.95 bits per heavy atom. The smallest absolute Gasteiger partial charge is 0.182 e. The Kier molecular flexibility index (Phi) is 2.83. The van der Waals surface area contributed by atoms with Crippen molar-refractivity contribution in [1.29, 1.82) is 0 Å². The van der Waals surface area contributed by atoms with Gasteiger partial charge in [-0.1, -0.05) is 30.3 Å². The molecule has 0 bridgehead atoms. The van der Waals surface area contributed by atoms with Crippen LogP contribution >= 0.6 is 0 Å². The minimum atomic E-state index is 0.0781. The first-order valence-corrected chi connectivity index (χ1v) is 6.10. The summed E-state index contributed by atoms with van der Waals surface area (Å²) in [5.41, 5.74) is 3.39. The molecule has 0 N–H and O–H groups in total.